The van der Waals surface area contributed by atoms with E-state index in [4.69, 9.17) is 9.47 Å². The first-order valence-electron chi connectivity index (χ1n) is 7.50. The fourth-order valence-electron chi connectivity index (χ4n) is 3.35. The van der Waals surface area contributed by atoms with Crippen LogP contribution in [0, 0.1) is 21.4 Å². The van der Waals surface area contributed by atoms with Gasteiger partial charge in [-0.25, -0.2) is 5.43 Å². The number of carbonyl (C=O) groups is 1. The fourth-order valence-corrected chi connectivity index (χ4v) is 3.35. The Morgan fingerprint density at radius 1 is 1.39 bits per heavy atom. The molecule has 2 saturated carbocycles. The van der Waals surface area contributed by atoms with Crippen molar-refractivity contribution in [1.29, 1.82) is 0 Å². The van der Waals surface area contributed by atoms with Crippen LogP contribution in [0.15, 0.2) is 17.2 Å². The molecule has 8 nitrogen and oxygen atoms in total. The van der Waals surface area contributed by atoms with Crippen molar-refractivity contribution in [2.75, 3.05) is 6.79 Å². The lowest BCUT2D eigenvalue weighted by molar-refractivity contribution is -0.385. The second-order valence-corrected chi connectivity index (χ2v) is 6.23. The van der Waals surface area contributed by atoms with Crippen molar-refractivity contribution in [3.63, 3.8) is 0 Å². The summed E-state index contributed by atoms with van der Waals surface area (Å²) in [6, 6.07) is 2.79. The SMILES string of the molecule is O=C(N/N=C\c1cc2c(cc1[N+](=O)[O-])OCO2)[C@@H]1CC12CCC2. The van der Waals surface area contributed by atoms with Crippen molar-refractivity contribution in [1.82, 2.24) is 5.43 Å². The molecule has 0 saturated heterocycles. The number of hydrogen-bond donors (Lipinski definition) is 1. The lowest BCUT2D eigenvalue weighted by Gasteiger charge is -2.25. The summed E-state index contributed by atoms with van der Waals surface area (Å²) < 4.78 is 10.3. The maximum atomic E-state index is 12.0. The number of nitro groups is 1. The molecule has 1 aromatic carbocycles. The molecule has 0 bridgehead atoms. The van der Waals surface area contributed by atoms with Gasteiger partial charge in [-0.2, -0.15) is 5.10 Å². The highest BCUT2D eigenvalue weighted by Gasteiger charge is 2.60. The van der Waals surface area contributed by atoms with Gasteiger partial charge < -0.3 is 9.47 Å². The van der Waals surface area contributed by atoms with E-state index in [1.54, 1.807) is 0 Å². The predicted octanol–water partition coefficient (Wildman–Crippen LogP) is 1.96. The molecule has 1 atom stereocenters. The van der Waals surface area contributed by atoms with Gasteiger partial charge in [-0.3, -0.25) is 14.9 Å². The largest absolute Gasteiger partial charge is 0.454 e. The summed E-state index contributed by atoms with van der Waals surface area (Å²) in [5.41, 5.74) is 2.83. The molecular weight excluding hydrogens is 302 g/mol. The Morgan fingerprint density at radius 2 is 2.13 bits per heavy atom. The first kappa shape index (κ1) is 14.0. The van der Waals surface area contributed by atoms with Crippen LogP contribution in [0.5, 0.6) is 11.5 Å². The molecular formula is C15H15N3O5. The minimum absolute atomic E-state index is 0.0353. The average molecular weight is 317 g/mol. The average Bonchev–Trinajstić information content (AvgIpc) is 3.11. The van der Waals surface area contributed by atoms with Gasteiger partial charge in [0.15, 0.2) is 11.5 Å². The standard InChI is InChI=1S/C15H15N3O5/c19-14(10-6-15(10)2-1-3-15)17-16-7-9-4-12-13(23-8-22-12)5-11(9)18(20)21/h4-5,7,10H,1-3,6,8H2,(H,17,19)/b16-7-/t10-/m0/s1. The van der Waals surface area contributed by atoms with Crippen molar-refractivity contribution in [3.8, 4) is 11.5 Å². The van der Waals surface area contributed by atoms with E-state index in [9.17, 15) is 14.9 Å². The summed E-state index contributed by atoms with van der Waals surface area (Å²) in [5, 5.41) is 15.0. The summed E-state index contributed by atoms with van der Waals surface area (Å²) in [6.45, 7) is 0.0353. The van der Waals surface area contributed by atoms with E-state index in [2.05, 4.69) is 10.5 Å². The number of fused-ring (bicyclic) bond motifs is 1. The second-order valence-electron chi connectivity index (χ2n) is 6.23. The highest BCUT2D eigenvalue weighted by atomic mass is 16.7. The highest BCUT2D eigenvalue weighted by molar-refractivity contribution is 5.89. The number of benzene rings is 1. The number of rotatable bonds is 4. The van der Waals surface area contributed by atoms with Crippen LogP contribution in [0.4, 0.5) is 5.69 Å². The van der Waals surface area contributed by atoms with Gasteiger partial charge in [-0.05, 0) is 30.7 Å². The Labute approximate surface area is 131 Å². The van der Waals surface area contributed by atoms with Gasteiger partial charge in [0.2, 0.25) is 12.7 Å². The van der Waals surface area contributed by atoms with Crippen LogP contribution >= 0.6 is 0 Å². The van der Waals surface area contributed by atoms with Crippen LogP contribution in [-0.4, -0.2) is 23.8 Å². The molecule has 1 heterocycles. The van der Waals surface area contributed by atoms with E-state index in [1.165, 1.54) is 24.8 Å². The molecule has 1 aliphatic heterocycles. The third-order valence-corrected chi connectivity index (χ3v) is 4.95. The van der Waals surface area contributed by atoms with Crippen LogP contribution in [-0.2, 0) is 4.79 Å². The van der Waals surface area contributed by atoms with Crippen LogP contribution in [0.3, 0.4) is 0 Å². The number of amides is 1. The number of carbonyl (C=O) groups excluding carboxylic acids is 1. The lowest BCUT2D eigenvalue weighted by Crippen LogP contribution is -2.26. The fraction of sp³-hybridized carbons (Fsp3) is 0.467. The third-order valence-electron chi connectivity index (χ3n) is 4.95. The molecule has 23 heavy (non-hydrogen) atoms. The number of nitrogens with one attached hydrogen (secondary N) is 1. The van der Waals surface area contributed by atoms with Gasteiger partial charge >= 0.3 is 0 Å². The van der Waals surface area contributed by atoms with E-state index >= 15 is 0 Å². The maximum absolute atomic E-state index is 12.0. The molecule has 3 aliphatic rings. The van der Waals surface area contributed by atoms with Crippen molar-refractivity contribution < 1.29 is 19.2 Å². The zero-order valence-corrected chi connectivity index (χ0v) is 12.3. The lowest BCUT2D eigenvalue weighted by atomic mass is 9.80. The Balaban J connectivity index is 1.47. The topological polar surface area (TPSA) is 103 Å². The molecule has 2 aliphatic carbocycles. The van der Waals surface area contributed by atoms with E-state index in [-0.39, 0.29) is 35.3 Å². The molecule has 0 aromatic heterocycles. The number of hydrazone groups is 1. The molecule has 8 heteroatoms. The van der Waals surface area contributed by atoms with E-state index < -0.39 is 4.92 Å². The summed E-state index contributed by atoms with van der Waals surface area (Å²) in [5.74, 6) is 0.700. The third kappa shape index (κ3) is 2.30. The van der Waals surface area contributed by atoms with E-state index in [0.29, 0.717) is 11.5 Å². The van der Waals surface area contributed by atoms with E-state index in [1.807, 2.05) is 0 Å². The molecule has 120 valence electrons. The molecule has 0 radical (unpaired) electrons. The number of ether oxygens (including phenoxy) is 2. The monoisotopic (exact) mass is 317 g/mol. The van der Waals surface area contributed by atoms with Gasteiger partial charge in [0.25, 0.3) is 5.69 Å². The summed E-state index contributed by atoms with van der Waals surface area (Å²) in [6.07, 6.45) is 5.62. The minimum Gasteiger partial charge on any atom is -0.454 e. The highest BCUT2D eigenvalue weighted by Crippen LogP contribution is 2.65. The summed E-state index contributed by atoms with van der Waals surface area (Å²) in [7, 11) is 0. The first-order valence-corrected chi connectivity index (χ1v) is 7.50. The Bertz CT molecular complexity index is 726. The van der Waals surface area contributed by atoms with Crippen LogP contribution in [0.25, 0.3) is 0 Å². The molecule has 4 rings (SSSR count). The van der Waals surface area contributed by atoms with Crippen LogP contribution in [0.1, 0.15) is 31.2 Å². The van der Waals surface area contributed by atoms with Crippen molar-refractivity contribution in [2.45, 2.75) is 25.7 Å². The molecule has 1 aromatic rings. The molecule has 1 N–H and O–H groups in total. The zero-order valence-electron chi connectivity index (χ0n) is 12.3. The second kappa shape index (κ2) is 4.94. The van der Waals surface area contributed by atoms with E-state index in [0.717, 1.165) is 19.3 Å². The molecule has 0 unspecified atom stereocenters. The van der Waals surface area contributed by atoms with Gasteiger partial charge in [0, 0.05) is 5.92 Å². The number of hydrogen-bond acceptors (Lipinski definition) is 6. The minimum atomic E-state index is -0.518. The Kier molecular flexibility index (Phi) is 3.00. The van der Waals surface area contributed by atoms with Gasteiger partial charge in [0.1, 0.15) is 0 Å². The Hall–Kier alpha value is -2.64. The predicted molar refractivity (Wildman–Crippen MR) is 79.3 cm³/mol. The quantitative estimate of drug-likeness (QED) is 0.519. The smallest absolute Gasteiger partial charge is 0.282 e. The number of nitro benzene ring substituents is 1. The summed E-state index contributed by atoms with van der Waals surface area (Å²) >= 11 is 0. The molecule has 2 fully saturated rings. The molecule has 1 amide bonds. The number of nitrogens with zero attached hydrogens (tertiary/aromatic N) is 2. The maximum Gasteiger partial charge on any atom is 0.282 e. The Morgan fingerprint density at radius 3 is 2.74 bits per heavy atom. The van der Waals surface area contributed by atoms with Crippen molar-refractivity contribution in [3.05, 3.63) is 27.8 Å². The normalized spacial score (nSPS) is 22.9. The van der Waals surface area contributed by atoms with Gasteiger partial charge in [-0.1, -0.05) is 6.42 Å². The van der Waals surface area contributed by atoms with Gasteiger partial charge in [-0.15, -0.1) is 0 Å². The van der Waals surface area contributed by atoms with Crippen LogP contribution in [0.2, 0.25) is 0 Å². The van der Waals surface area contributed by atoms with Crippen LogP contribution < -0.4 is 14.9 Å². The first-order chi connectivity index (χ1) is 11.1. The van der Waals surface area contributed by atoms with Crippen molar-refractivity contribution in [2.24, 2.45) is 16.4 Å². The zero-order chi connectivity index (χ0) is 16.0. The van der Waals surface area contributed by atoms with Gasteiger partial charge in [0.05, 0.1) is 22.8 Å². The van der Waals surface area contributed by atoms with Crippen molar-refractivity contribution >= 4 is 17.8 Å². The summed E-state index contributed by atoms with van der Waals surface area (Å²) in [4.78, 5) is 22.6. The molecule has 1 spiro atoms.